The summed E-state index contributed by atoms with van der Waals surface area (Å²) >= 11 is 2.84. The van der Waals surface area contributed by atoms with Gasteiger partial charge < -0.3 is 28.7 Å². The van der Waals surface area contributed by atoms with Crippen LogP contribution in [0.1, 0.15) is 107 Å². The van der Waals surface area contributed by atoms with Crippen LogP contribution in [-0.4, -0.2) is 108 Å². The van der Waals surface area contributed by atoms with Crippen molar-refractivity contribution in [2.45, 2.75) is 110 Å². The maximum atomic E-state index is 16.5. The number of likely N-dealkylation sites (tertiary alicyclic amines) is 1. The number of rotatable bonds is 14. The molecule has 14 nitrogen and oxygen atoms in total. The molecule has 3 saturated heterocycles. The molecule has 20 heteroatoms. The van der Waals surface area contributed by atoms with Crippen molar-refractivity contribution in [3.05, 3.63) is 46.9 Å². The van der Waals surface area contributed by atoms with E-state index in [2.05, 4.69) is 15.5 Å². The van der Waals surface area contributed by atoms with Crippen molar-refractivity contribution in [3.8, 4) is 0 Å². The van der Waals surface area contributed by atoms with E-state index in [0.717, 1.165) is 72.1 Å². The number of amides is 3. The van der Waals surface area contributed by atoms with Gasteiger partial charge in [-0.25, -0.2) is 0 Å². The molecule has 1 saturated carbocycles. The number of hydrogen-bond acceptors (Lipinski definition) is 13. The van der Waals surface area contributed by atoms with Crippen molar-refractivity contribution in [1.82, 2.24) is 29.9 Å². The van der Waals surface area contributed by atoms with Gasteiger partial charge in [-0.1, -0.05) is 71.1 Å². The highest BCUT2D eigenvalue weighted by Crippen LogP contribution is 2.67. The lowest BCUT2D eigenvalue weighted by Crippen LogP contribution is -2.61. The van der Waals surface area contributed by atoms with Crippen LogP contribution in [0, 0.1) is 22.7 Å². The van der Waals surface area contributed by atoms with Gasteiger partial charge in [-0.15, -0.1) is 21.5 Å². The molecule has 63 heavy (non-hydrogen) atoms. The number of carbonyl (C=O) groups excluding carboxylic acids is 5. The van der Waals surface area contributed by atoms with Crippen LogP contribution in [0.15, 0.2) is 30.6 Å². The SMILES string of the molecule is Cn1cnnc1C1CN(C(=O)[C@@H]2CC[C@@H]3C[C@@H]4CC[C@@H]4C[C@H](NC(=O)c4cc5cc(C(F)(F)P(=O)(OCCSC(=O)C(C)(C)C)OCCSC(=O)C(C)(C)C)ccc5s4)C(=O)N32)C1. The van der Waals surface area contributed by atoms with E-state index in [1.807, 2.05) is 11.6 Å². The number of thioether (sulfide) groups is 2. The highest BCUT2D eigenvalue weighted by molar-refractivity contribution is 8.14. The van der Waals surface area contributed by atoms with Crippen LogP contribution < -0.4 is 5.32 Å². The van der Waals surface area contributed by atoms with E-state index >= 15 is 8.78 Å². The normalized spacial score (nSPS) is 23.4. The van der Waals surface area contributed by atoms with Crippen LogP contribution in [-0.2, 0) is 45.5 Å². The van der Waals surface area contributed by atoms with Gasteiger partial charge in [0.1, 0.15) is 24.2 Å². The zero-order chi connectivity index (χ0) is 45.6. The van der Waals surface area contributed by atoms with E-state index in [1.165, 1.54) is 12.1 Å². The summed E-state index contributed by atoms with van der Waals surface area (Å²) in [5.74, 6) is 0.557. The Labute approximate surface area is 379 Å². The zero-order valence-electron chi connectivity index (χ0n) is 36.8. The number of carbonyl (C=O) groups is 5. The molecule has 4 aliphatic rings. The molecule has 3 amide bonds. The minimum atomic E-state index is -5.26. The average Bonchev–Trinajstić information content (AvgIpc) is 3.94. The lowest BCUT2D eigenvalue weighted by Gasteiger charge is -2.47. The minimum Gasteiger partial charge on any atom is -0.340 e. The molecule has 3 aromatic rings. The van der Waals surface area contributed by atoms with Gasteiger partial charge in [0.25, 0.3) is 5.91 Å². The summed E-state index contributed by atoms with van der Waals surface area (Å²) in [5, 5.41) is 11.0. The molecule has 1 N–H and O–H groups in total. The number of fused-ring (bicyclic) bond motifs is 3. The lowest BCUT2D eigenvalue weighted by molar-refractivity contribution is -0.151. The van der Waals surface area contributed by atoms with Crippen molar-refractivity contribution < 1.29 is 46.4 Å². The molecule has 344 valence electrons. The van der Waals surface area contributed by atoms with Crippen molar-refractivity contribution in [1.29, 1.82) is 0 Å². The van der Waals surface area contributed by atoms with Crippen molar-refractivity contribution in [2.75, 3.05) is 37.8 Å². The minimum absolute atomic E-state index is 0.0390. The van der Waals surface area contributed by atoms with E-state index in [0.29, 0.717) is 43.0 Å². The first-order valence-electron chi connectivity index (χ1n) is 21.5. The molecule has 2 aromatic heterocycles. The number of thiophene rings is 1. The quantitative estimate of drug-likeness (QED) is 0.123. The highest BCUT2D eigenvalue weighted by atomic mass is 32.2. The van der Waals surface area contributed by atoms with Crippen molar-refractivity contribution >= 4 is 80.5 Å². The Morgan fingerprint density at radius 1 is 0.905 bits per heavy atom. The monoisotopic (exact) mass is 950 g/mol. The van der Waals surface area contributed by atoms with E-state index in [1.54, 1.807) is 57.7 Å². The van der Waals surface area contributed by atoms with Gasteiger partial charge >= 0.3 is 13.3 Å². The van der Waals surface area contributed by atoms with Gasteiger partial charge in [0.05, 0.1) is 24.0 Å². The van der Waals surface area contributed by atoms with Gasteiger partial charge in [-0.3, -0.25) is 28.5 Å². The standard InChI is InChI=1S/C43H57F2N6O8PS3/c1-41(2,3)39(55)61-16-14-58-60(57,59-15-17-62-40(56)42(4,5)6)43(44,45)29-10-13-33-27(18-29)21-34(63-33)36(52)47-31-20-26-9-8-25(26)19-30-11-12-32(51(30)37(31)53)38(54)50-22-28(23-50)35-48-46-24-49(35)7/h10,13,18,21,24-26,28,30-32H,8-9,11-12,14-17,19-20,22-23H2,1-7H3,(H,47,52)/t25-,26+,30+,31-,32-/m0/s1. The van der Waals surface area contributed by atoms with Gasteiger partial charge in [-0.05, 0) is 73.9 Å². The van der Waals surface area contributed by atoms with Crippen molar-refractivity contribution in [3.63, 3.8) is 0 Å². The molecule has 0 spiro atoms. The molecular weight excluding hydrogens is 894 g/mol. The third-order valence-electron chi connectivity index (χ3n) is 12.5. The first-order valence-corrected chi connectivity index (χ1v) is 25.8. The largest absolute Gasteiger partial charge is 0.404 e. The van der Waals surface area contributed by atoms with Crippen molar-refractivity contribution in [2.24, 2.45) is 29.7 Å². The summed E-state index contributed by atoms with van der Waals surface area (Å²) in [6.07, 6.45) is 6.16. The molecule has 5 atom stereocenters. The van der Waals surface area contributed by atoms with Crippen LogP contribution >= 0.6 is 42.5 Å². The number of alkyl halides is 2. The first-order chi connectivity index (χ1) is 29.6. The first kappa shape index (κ1) is 47.7. The Morgan fingerprint density at radius 2 is 1.52 bits per heavy atom. The highest BCUT2D eigenvalue weighted by Gasteiger charge is 2.55. The van der Waals surface area contributed by atoms with E-state index < -0.39 is 60.9 Å². The molecule has 1 aromatic carbocycles. The average molecular weight is 951 g/mol. The molecule has 4 fully saturated rings. The topological polar surface area (TPSA) is 170 Å². The fourth-order valence-electron chi connectivity index (χ4n) is 8.64. The van der Waals surface area contributed by atoms with Gasteiger partial charge in [-0.2, -0.15) is 8.78 Å². The molecule has 3 aliphatic heterocycles. The fourth-order valence-corrected chi connectivity index (χ4v) is 12.9. The number of halogens is 2. The number of benzene rings is 1. The second kappa shape index (κ2) is 18.6. The molecule has 1 aliphatic carbocycles. The maximum Gasteiger partial charge on any atom is 0.404 e. The van der Waals surface area contributed by atoms with Crippen LogP contribution in [0.3, 0.4) is 0 Å². The van der Waals surface area contributed by atoms with Crippen LogP contribution in [0.4, 0.5) is 8.78 Å². The summed E-state index contributed by atoms with van der Waals surface area (Å²) < 4.78 is 60.2. The molecule has 0 unspecified atom stereocenters. The second-order valence-electron chi connectivity index (χ2n) is 19.2. The molecular formula is C43H57F2N6O8PS3. The third kappa shape index (κ3) is 10.1. The Morgan fingerprint density at radius 3 is 2.10 bits per heavy atom. The van der Waals surface area contributed by atoms with Crippen LogP contribution in [0.25, 0.3) is 10.1 Å². The summed E-state index contributed by atoms with van der Waals surface area (Å²) in [6, 6.07) is 3.54. The van der Waals surface area contributed by atoms with Gasteiger partial charge in [0, 0.05) is 58.8 Å². The van der Waals surface area contributed by atoms with Gasteiger partial charge in [0.15, 0.2) is 10.2 Å². The molecule has 0 radical (unpaired) electrons. The van der Waals surface area contributed by atoms with Crippen LogP contribution in [0.2, 0.25) is 0 Å². The Kier molecular flexibility index (Phi) is 14.1. The third-order valence-corrected chi connectivity index (χ3v) is 18.0. The maximum absolute atomic E-state index is 16.5. The molecule has 0 bridgehead atoms. The fraction of sp³-hybridized carbons (Fsp3) is 0.651. The number of aromatic nitrogens is 3. The lowest BCUT2D eigenvalue weighted by atomic mass is 9.67. The Hall–Kier alpha value is -3.22. The summed E-state index contributed by atoms with van der Waals surface area (Å²) in [7, 11) is -3.39. The zero-order valence-corrected chi connectivity index (χ0v) is 40.1. The smallest absolute Gasteiger partial charge is 0.340 e. The summed E-state index contributed by atoms with van der Waals surface area (Å²) in [5.41, 5.74) is -6.17. The van der Waals surface area contributed by atoms with E-state index in [4.69, 9.17) is 9.05 Å². The van der Waals surface area contributed by atoms with Gasteiger partial charge in [0.2, 0.25) is 11.8 Å². The number of aryl methyl sites for hydroxylation is 1. The van der Waals surface area contributed by atoms with E-state index in [9.17, 15) is 28.5 Å². The predicted molar refractivity (Wildman–Crippen MR) is 240 cm³/mol. The van der Waals surface area contributed by atoms with Crippen LogP contribution in [0.5, 0.6) is 0 Å². The Balaban J connectivity index is 1.06. The predicted octanol–water partition coefficient (Wildman–Crippen LogP) is 7.82. The Bertz CT molecular complexity index is 2250. The number of nitrogens with one attached hydrogen (secondary N) is 1. The number of hydrogen-bond donors (Lipinski definition) is 1. The molecule has 7 rings (SSSR count). The van der Waals surface area contributed by atoms with E-state index in [-0.39, 0.29) is 61.7 Å². The summed E-state index contributed by atoms with van der Waals surface area (Å²) in [6.45, 7) is 10.4. The number of nitrogens with zero attached hydrogens (tertiary/aromatic N) is 5. The molecule has 5 heterocycles. The second-order valence-corrected chi connectivity index (χ2v) is 24.5. The summed E-state index contributed by atoms with van der Waals surface area (Å²) in [4.78, 5) is 71.0.